The summed E-state index contributed by atoms with van der Waals surface area (Å²) < 4.78 is 38.9. The van der Waals surface area contributed by atoms with Crippen LogP contribution in [0, 0.1) is 0 Å². The summed E-state index contributed by atoms with van der Waals surface area (Å²) in [6, 6.07) is 18.7. The van der Waals surface area contributed by atoms with Crippen molar-refractivity contribution in [2.24, 2.45) is 0 Å². The fourth-order valence-electron chi connectivity index (χ4n) is 3.28. The molecule has 30 heavy (non-hydrogen) atoms. The Labute approximate surface area is 174 Å². The fourth-order valence-corrected chi connectivity index (χ4v) is 4.45. The highest BCUT2D eigenvalue weighted by Crippen LogP contribution is 2.39. The Morgan fingerprint density at radius 3 is 2.60 bits per heavy atom. The van der Waals surface area contributed by atoms with Crippen molar-refractivity contribution in [3.8, 4) is 17.2 Å². The van der Waals surface area contributed by atoms with Crippen molar-refractivity contribution in [2.45, 2.75) is 5.75 Å². The Balaban J connectivity index is 1.61. The van der Waals surface area contributed by atoms with E-state index in [2.05, 4.69) is 4.72 Å². The molecule has 4 rings (SSSR count). The van der Waals surface area contributed by atoms with E-state index in [9.17, 15) is 13.2 Å². The van der Waals surface area contributed by atoms with Crippen molar-refractivity contribution in [3.63, 3.8) is 0 Å². The van der Waals surface area contributed by atoms with Gasteiger partial charge in [0.15, 0.2) is 5.75 Å². The standard InChI is InChI=1S/C22H20N2O5S/c1-24-19-8-3-4-9-21(19)29-20-11-10-16(13-18(20)22(24)25)23-30(26,27)14-15-6-5-7-17(12-15)28-2/h3-13,23H,14H2,1-2H3. The second kappa shape index (κ2) is 7.72. The molecule has 7 nitrogen and oxygen atoms in total. The number of hydrogen-bond acceptors (Lipinski definition) is 5. The Bertz CT molecular complexity index is 1220. The van der Waals surface area contributed by atoms with E-state index in [-0.39, 0.29) is 22.9 Å². The van der Waals surface area contributed by atoms with Gasteiger partial charge in [0.25, 0.3) is 5.91 Å². The summed E-state index contributed by atoms with van der Waals surface area (Å²) in [5, 5.41) is 0. The highest BCUT2D eigenvalue weighted by atomic mass is 32.2. The number of hydrogen-bond donors (Lipinski definition) is 1. The predicted molar refractivity (Wildman–Crippen MR) is 115 cm³/mol. The number of benzene rings is 3. The van der Waals surface area contributed by atoms with Gasteiger partial charge < -0.3 is 14.4 Å². The Morgan fingerprint density at radius 2 is 1.80 bits per heavy atom. The number of anilines is 2. The van der Waals surface area contributed by atoms with Crippen molar-refractivity contribution >= 4 is 27.3 Å². The molecule has 0 saturated carbocycles. The van der Waals surface area contributed by atoms with Crippen LogP contribution < -0.4 is 19.1 Å². The third-order valence-corrected chi connectivity index (χ3v) is 5.99. The molecule has 0 saturated heterocycles. The van der Waals surface area contributed by atoms with Gasteiger partial charge >= 0.3 is 0 Å². The smallest absolute Gasteiger partial charge is 0.261 e. The molecule has 3 aromatic rings. The van der Waals surface area contributed by atoms with Gasteiger partial charge in [-0.05, 0) is 48.0 Å². The molecule has 1 aliphatic rings. The zero-order valence-corrected chi connectivity index (χ0v) is 17.3. The number of carbonyl (C=O) groups excluding carboxylic acids is 1. The first kappa shape index (κ1) is 19.8. The number of nitrogens with one attached hydrogen (secondary N) is 1. The Kier molecular flexibility index (Phi) is 5.09. The van der Waals surface area contributed by atoms with Gasteiger partial charge in [-0.2, -0.15) is 0 Å². The van der Waals surface area contributed by atoms with Crippen LogP contribution in [0.5, 0.6) is 17.2 Å². The third kappa shape index (κ3) is 3.95. The molecule has 154 valence electrons. The van der Waals surface area contributed by atoms with Crippen molar-refractivity contribution in [3.05, 3.63) is 77.9 Å². The summed E-state index contributed by atoms with van der Waals surface area (Å²) in [7, 11) is -0.528. The van der Waals surface area contributed by atoms with Crippen LogP contribution in [-0.2, 0) is 15.8 Å². The normalized spacial score (nSPS) is 13.0. The van der Waals surface area contributed by atoms with E-state index >= 15 is 0 Å². The van der Waals surface area contributed by atoms with E-state index in [0.29, 0.717) is 28.5 Å². The predicted octanol–water partition coefficient (Wildman–Crippen LogP) is 4.02. The molecule has 0 aliphatic carbocycles. The van der Waals surface area contributed by atoms with Crippen LogP contribution in [0.1, 0.15) is 15.9 Å². The number of methoxy groups -OCH3 is 1. The summed E-state index contributed by atoms with van der Waals surface area (Å²) in [4.78, 5) is 14.4. The molecule has 3 aromatic carbocycles. The largest absolute Gasteiger partial charge is 0.497 e. The van der Waals surface area contributed by atoms with Crippen LogP contribution in [0.3, 0.4) is 0 Å². The molecule has 1 heterocycles. The summed E-state index contributed by atoms with van der Waals surface area (Å²) in [5.41, 5.74) is 1.79. The molecule has 0 atom stereocenters. The highest BCUT2D eigenvalue weighted by molar-refractivity contribution is 7.91. The quantitative estimate of drug-likeness (QED) is 0.669. The molecule has 1 aliphatic heterocycles. The monoisotopic (exact) mass is 424 g/mol. The van der Waals surface area contributed by atoms with E-state index in [0.717, 1.165) is 0 Å². The van der Waals surface area contributed by atoms with Crippen molar-refractivity contribution in [1.82, 2.24) is 0 Å². The fraction of sp³-hybridized carbons (Fsp3) is 0.136. The SMILES string of the molecule is COc1cccc(CS(=O)(=O)Nc2ccc3c(c2)C(=O)N(C)c2ccccc2O3)c1. The second-order valence-corrected chi connectivity index (χ2v) is 8.58. The minimum Gasteiger partial charge on any atom is -0.497 e. The van der Waals surface area contributed by atoms with Crippen LogP contribution >= 0.6 is 0 Å². The van der Waals surface area contributed by atoms with Crippen LogP contribution in [0.4, 0.5) is 11.4 Å². The second-order valence-electron chi connectivity index (χ2n) is 6.86. The molecule has 0 radical (unpaired) electrons. The first-order valence-corrected chi connectivity index (χ1v) is 10.8. The molecule has 0 spiro atoms. The molecule has 0 aromatic heterocycles. The van der Waals surface area contributed by atoms with Gasteiger partial charge in [-0.3, -0.25) is 9.52 Å². The van der Waals surface area contributed by atoms with E-state index in [4.69, 9.17) is 9.47 Å². The minimum atomic E-state index is -3.70. The van der Waals surface area contributed by atoms with Crippen molar-refractivity contribution < 1.29 is 22.7 Å². The highest BCUT2D eigenvalue weighted by Gasteiger charge is 2.26. The van der Waals surface area contributed by atoms with E-state index < -0.39 is 10.0 Å². The first-order valence-electron chi connectivity index (χ1n) is 9.19. The lowest BCUT2D eigenvalue weighted by Crippen LogP contribution is -2.25. The van der Waals surface area contributed by atoms with Gasteiger partial charge in [0.1, 0.15) is 11.5 Å². The lowest BCUT2D eigenvalue weighted by molar-refractivity contribution is 0.0993. The number of nitrogens with zero attached hydrogens (tertiary/aromatic N) is 1. The average molecular weight is 424 g/mol. The number of carbonyl (C=O) groups is 1. The van der Waals surface area contributed by atoms with Crippen molar-refractivity contribution in [1.29, 1.82) is 0 Å². The van der Waals surface area contributed by atoms with Crippen molar-refractivity contribution in [2.75, 3.05) is 23.8 Å². The lowest BCUT2D eigenvalue weighted by atomic mass is 10.1. The zero-order valence-electron chi connectivity index (χ0n) is 16.5. The van der Waals surface area contributed by atoms with Crippen LogP contribution in [-0.4, -0.2) is 28.5 Å². The maximum absolute atomic E-state index is 12.9. The molecule has 1 amide bonds. The lowest BCUT2D eigenvalue weighted by Gasteiger charge is -2.16. The van der Waals surface area contributed by atoms with Gasteiger partial charge in [-0.25, -0.2) is 8.42 Å². The average Bonchev–Trinajstić information content (AvgIpc) is 2.83. The number of rotatable bonds is 5. The number of fused-ring (bicyclic) bond motifs is 2. The topological polar surface area (TPSA) is 84.9 Å². The Morgan fingerprint density at radius 1 is 1.00 bits per heavy atom. The van der Waals surface area contributed by atoms with E-state index in [1.54, 1.807) is 55.6 Å². The summed E-state index contributed by atoms with van der Waals surface area (Å²) >= 11 is 0. The minimum absolute atomic E-state index is 0.225. The number of ether oxygens (including phenoxy) is 2. The van der Waals surface area contributed by atoms with Gasteiger partial charge in [0, 0.05) is 12.7 Å². The van der Waals surface area contributed by atoms with Gasteiger partial charge in [-0.1, -0.05) is 24.3 Å². The van der Waals surface area contributed by atoms with E-state index in [1.807, 2.05) is 12.1 Å². The van der Waals surface area contributed by atoms with Crippen LogP contribution in [0.15, 0.2) is 66.7 Å². The molecule has 8 heteroatoms. The number of amides is 1. The first-order chi connectivity index (χ1) is 14.4. The summed E-state index contributed by atoms with van der Waals surface area (Å²) in [5.74, 6) is 0.990. The maximum atomic E-state index is 12.9. The van der Waals surface area contributed by atoms with Crippen LogP contribution in [0.2, 0.25) is 0 Å². The molecule has 0 fully saturated rings. The van der Waals surface area contributed by atoms with E-state index in [1.165, 1.54) is 18.1 Å². The number of para-hydroxylation sites is 2. The van der Waals surface area contributed by atoms with Gasteiger partial charge in [-0.15, -0.1) is 0 Å². The van der Waals surface area contributed by atoms with Gasteiger partial charge in [0.05, 0.1) is 24.1 Å². The zero-order chi connectivity index (χ0) is 21.3. The van der Waals surface area contributed by atoms with Gasteiger partial charge in [0.2, 0.25) is 10.0 Å². The summed E-state index contributed by atoms with van der Waals surface area (Å²) in [6.45, 7) is 0. The Hall–Kier alpha value is -3.52. The molecular weight excluding hydrogens is 404 g/mol. The summed E-state index contributed by atoms with van der Waals surface area (Å²) in [6.07, 6.45) is 0. The molecular formula is C22H20N2O5S. The molecule has 0 unspecified atom stereocenters. The number of sulfonamides is 1. The molecule has 0 bridgehead atoms. The molecule has 1 N–H and O–H groups in total. The van der Waals surface area contributed by atoms with Crippen LogP contribution in [0.25, 0.3) is 0 Å². The maximum Gasteiger partial charge on any atom is 0.261 e. The third-order valence-electron chi connectivity index (χ3n) is 4.73.